The number of carbonyl (C=O) groups is 1. The van der Waals surface area contributed by atoms with E-state index < -0.39 is 11.4 Å². The molecule has 88 valence electrons. The van der Waals surface area contributed by atoms with Crippen molar-refractivity contribution >= 4 is 11.8 Å². The first-order chi connectivity index (χ1) is 8.18. The molecule has 1 aromatic rings. The smallest absolute Gasteiger partial charge is 0.324 e. The summed E-state index contributed by atoms with van der Waals surface area (Å²) in [5.74, 6) is -0.176. The molecule has 0 aromatic carbocycles. The van der Waals surface area contributed by atoms with Gasteiger partial charge in [0.15, 0.2) is 5.41 Å². The zero-order chi connectivity index (χ0) is 12.3. The number of aromatic nitrogens is 1. The van der Waals surface area contributed by atoms with Gasteiger partial charge < -0.3 is 10.0 Å². The zero-order valence-electron chi connectivity index (χ0n) is 9.33. The first-order valence-electron chi connectivity index (χ1n) is 5.48. The van der Waals surface area contributed by atoms with Crippen molar-refractivity contribution in [2.24, 2.45) is 5.41 Å². The van der Waals surface area contributed by atoms with E-state index in [1.807, 2.05) is 29.2 Å². The van der Waals surface area contributed by atoms with E-state index >= 15 is 0 Å². The number of aliphatic carboxylic acids is 1. The number of nitrogens with zero attached hydrogens (tertiary/aromatic N) is 3. The molecule has 0 aliphatic carbocycles. The molecule has 0 saturated carbocycles. The highest BCUT2D eigenvalue weighted by atomic mass is 16.4. The van der Waals surface area contributed by atoms with Crippen LogP contribution in [0.3, 0.4) is 0 Å². The molecule has 0 bridgehead atoms. The molecule has 0 unspecified atom stereocenters. The van der Waals surface area contributed by atoms with E-state index in [4.69, 9.17) is 10.4 Å². The molecule has 1 fully saturated rings. The molecule has 1 N–H and O–H groups in total. The minimum Gasteiger partial charge on any atom is -0.480 e. The van der Waals surface area contributed by atoms with Crippen molar-refractivity contribution in [3.05, 3.63) is 24.4 Å². The van der Waals surface area contributed by atoms with Gasteiger partial charge in [0.05, 0.1) is 6.07 Å². The molecule has 2 rings (SSSR count). The predicted octanol–water partition coefficient (Wildman–Crippen LogP) is 1.28. The van der Waals surface area contributed by atoms with Crippen LogP contribution in [-0.2, 0) is 4.79 Å². The maximum Gasteiger partial charge on any atom is 0.324 e. The predicted molar refractivity (Wildman–Crippen MR) is 61.4 cm³/mol. The van der Waals surface area contributed by atoms with Gasteiger partial charge in [-0.25, -0.2) is 4.98 Å². The van der Waals surface area contributed by atoms with E-state index in [2.05, 4.69) is 4.98 Å². The fourth-order valence-corrected chi connectivity index (χ4v) is 2.03. The summed E-state index contributed by atoms with van der Waals surface area (Å²) in [5.41, 5.74) is -1.22. The van der Waals surface area contributed by atoms with Crippen molar-refractivity contribution in [1.82, 2.24) is 4.98 Å². The maximum absolute atomic E-state index is 11.1. The van der Waals surface area contributed by atoms with Crippen molar-refractivity contribution in [1.29, 1.82) is 5.26 Å². The molecule has 1 aliphatic heterocycles. The number of nitriles is 1. The Morgan fingerprint density at radius 3 is 2.65 bits per heavy atom. The molecule has 1 aliphatic rings. The third-order valence-electron chi connectivity index (χ3n) is 3.21. The first-order valence-corrected chi connectivity index (χ1v) is 5.48. The summed E-state index contributed by atoms with van der Waals surface area (Å²) < 4.78 is 0. The lowest BCUT2D eigenvalue weighted by atomic mass is 9.80. The fraction of sp³-hybridized carbons (Fsp3) is 0.417. The average molecular weight is 231 g/mol. The molecule has 0 atom stereocenters. The molecule has 5 nitrogen and oxygen atoms in total. The lowest BCUT2D eigenvalue weighted by Crippen LogP contribution is -2.43. The van der Waals surface area contributed by atoms with Crippen LogP contribution in [0.4, 0.5) is 5.82 Å². The molecular formula is C12H13N3O2. The van der Waals surface area contributed by atoms with Crippen molar-refractivity contribution in [3.63, 3.8) is 0 Å². The molecule has 0 radical (unpaired) electrons. The van der Waals surface area contributed by atoms with E-state index in [0.717, 1.165) is 5.82 Å². The third kappa shape index (κ3) is 2.07. The van der Waals surface area contributed by atoms with Crippen LogP contribution in [0.25, 0.3) is 0 Å². The van der Waals surface area contributed by atoms with Gasteiger partial charge >= 0.3 is 5.97 Å². The van der Waals surface area contributed by atoms with Crippen LogP contribution in [-0.4, -0.2) is 29.1 Å². The van der Waals surface area contributed by atoms with Crippen molar-refractivity contribution in [3.8, 4) is 6.07 Å². The number of carboxylic acid groups (broad SMARTS) is 1. The third-order valence-corrected chi connectivity index (χ3v) is 3.21. The molecule has 1 aromatic heterocycles. The summed E-state index contributed by atoms with van der Waals surface area (Å²) >= 11 is 0. The second-order valence-corrected chi connectivity index (χ2v) is 4.17. The molecular weight excluding hydrogens is 218 g/mol. The Kier molecular flexibility index (Phi) is 2.96. The maximum atomic E-state index is 11.1. The van der Waals surface area contributed by atoms with Crippen molar-refractivity contribution in [2.75, 3.05) is 18.0 Å². The van der Waals surface area contributed by atoms with Crippen LogP contribution in [0.2, 0.25) is 0 Å². The summed E-state index contributed by atoms with van der Waals surface area (Å²) in [7, 11) is 0. The number of piperidine rings is 1. The minimum absolute atomic E-state index is 0.343. The number of anilines is 1. The normalized spacial score (nSPS) is 18.4. The van der Waals surface area contributed by atoms with Gasteiger partial charge in [-0.2, -0.15) is 5.26 Å². The quantitative estimate of drug-likeness (QED) is 0.829. The zero-order valence-corrected chi connectivity index (χ0v) is 9.33. The van der Waals surface area contributed by atoms with Gasteiger partial charge in [0.2, 0.25) is 0 Å². The van der Waals surface area contributed by atoms with Gasteiger partial charge in [0.25, 0.3) is 0 Å². The number of hydrogen-bond acceptors (Lipinski definition) is 4. The number of carboxylic acids is 1. The Bertz CT molecular complexity index is 445. The van der Waals surface area contributed by atoms with E-state index in [-0.39, 0.29) is 0 Å². The Morgan fingerprint density at radius 1 is 1.47 bits per heavy atom. The minimum atomic E-state index is -1.22. The monoisotopic (exact) mass is 231 g/mol. The second kappa shape index (κ2) is 4.42. The Balaban J connectivity index is 2.09. The number of hydrogen-bond donors (Lipinski definition) is 1. The van der Waals surface area contributed by atoms with Crippen molar-refractivity contribution in [2.45, 2.75) is 12.8 Å². The first kappa shape index (κ1) is 11.4. The van der Waals surface area contributed by atoms with Gasteiger partial charge in [-0.05, 0) is 25.0 Å². The van der Waals surface area contributed by atoms with Crippen LogP contribution in [0.5, 0.6) is 0 Å². The SMILES string of the molecule is N#CC1(C(=O)O)CCN(c2ccccn2)CC1. The van der Waals surface area contributed by atoms with Gasteiger partial charge in [-0.15, -0.1) is 0 Å². The van der Waals surface area contributed by atoms with Gasteiger partial charge in [-0.3, -0.25) is 4.79 Å². The fourth-order valence-electron chi connectivity index (χ4n) is 2.03. The van der Waals surface area contributed by atoms with E-state index in [0.29, 0.717) is 25.9 Å². The van der Waals surface area contributed by atoms with E-state index in [1.54, 1.807) is 6.20 Å². The highest BCUT2D eigenvalue weighted by molar-refractivity contribution is 5.78. The lowest BCUT2D eigenvalue weighted by Gasteiger charge is -2.35. The second-order valence-electron chi connectivity index (χ2n) is 4.17. The van der Waals surface area contributed by atoms with Crippen molar-refractivity contribution < 1.29 is 9.90 Å². The highest BCUT2D eigenvalue weighted by Crippen LogP contribution is 2.32. The summed E-state index contributed by atoms with van der Waals surface area (Å²) in [4.78, 5) is 17.3. The van der Waals surface area contributed by atoms with Gasteiger partial charge in [0.1, 0.15) is 5.82 Å². The molecule has 1 saturated heterocycles. The lowest BCUT2D eigenvalue weighted by molar-refractivity contribution is -0.146. The van der Waals surface area contributed by atoms with Gasteiger partial charge in [-0.1, -0.05) is 6.07 Å². The molecule has 0 spiro atoms. The van der Waals surface area contributed by atoms with Crippen LogP contribution in [0, 0.1) is 16.7 Å². The molecule has 0 amide bonds. The average Bonchev–Trinajstić information content (AvgIpc) is 2.39. The van der Waals surface area contributed by atoms with Crippen LogP contribution >= 0.6 is 0 Å². The van der Waals surface area contributed by atoms with Crippen LogP contribution < -0.4 is 4.90 Å². The highest BCUT2D eigenvalue weighted by Gasteiger charge is 2.42. The molecule has 5 heteroatoms. The summed E-state index contributed by atoms with van der Waals surface area (Å²) in [5, 5.41) is 18.1. The standard InChI is InChI=1S/C12H13N3O2/c13-9-12(11(16)17)4-7-15(8-5-12)10-3-1-2-6-14-10/h1-3,6H,4-5,7-8H2,(H,16,17). The molecule has 2 heterocycles. The number of rotatable bonds is 2. The Morgan fingerprint density at radius 2 is 2.18 bits per heavy atom. The summed E-state index contributed by atoms with van der Waals surface area (Å²) in [6, 6.07) is 7.56. The summed E-state index contributed by atoms with van der Waals surface area (Å²) in [6.45, 7) is 1.10. The summed E-state index contributed by atoms with van der Waals surface area (Å²) in [6.07, 6.45) is 2.39. The van der Waals surface area contributed by atoms with Crippen LogP contribution in [0.1, 0.15) is 12.8 Å². The van der Waals surface area contributed by atoms with Gasteiger partial charge in [0, 0.05) is 19.3 Å². The van der Waals surface area contributed by atoms with E-state index in [9.17, 15) is 4.79 Å². The van der Waals surface area contributed by atoms with Crippen LogP contribution in [0.15, 0.2) is 24.4 Å². The largest absolute Gasteiger partial charge is 0.480 e. The number of pyridine rings is 1. The topological polar surface area (TPSA) is 77.2 Å². The Hall–Kier alpha value is -2.09. The Labute approximate surface area is 99.3 Å². The van der Waals surface area contributed by atoms with E-state index in [1.165, 1.54) is 0 Å². The molecule has 17 heavy (non-hydrogen) atoms.